The minimum atomic E-state index is -0.532. The molecule has 4 heteroatoms. The molecule has 0 aliphatic carbocycles. The second kappa shape index (κ2) is 5.31. The van der Waals surface area contributed by atoms with Crippen molar-refractivity contribution >= 4 is 21.6 Å². The van der Waals surface area contributed by atoms with Crippen molar-refractivity contribution in [2.45, 2.75) is 26.4 Å². The van der Waals surface area contributed by atoms with Gasteiger partial charge < -0.3 is 5.11 Å². The number of aromatic nitrogens is 2. The quantitative estimate of drug-likeness (QED) is 0.799. The standard InChI is InChI=1S/C16H16N2OS/c1-10-7-12(8-11(2)17-10)14(19)9-16-18-13-5-3-4-6-15(13)20-16/h3-8,14,19H,9H2,1-2H3. The van der Waals surface area contributed by atoms with Gasteiger partial charge in [-0.3, -0.25) is 4.98 Å². The summed E-state index contributed by atoms with van der Waals surface area (Å²) in [5, 5.41) is 11.4. The largest absolute Gasteiger partial charge is 0.388 e. The molecular weight excluding hydrogens is 268 g/mol. The zero-order valence-corrected chi connectivity index (χ0v) is 12.3. The molecule has 0 spiro atoms. The fourth-order valence-electron chi connectivity index (χ4n) is 2.35. The summed E-state index contributed by atoms with van der Waals surface area (Å²) < 4.78 is 1.16. The molecule has 0 radical (unpaired) electrons. The summed E-state index contributed by atoms with van der Waals surface area (Å²) in [5.74, 6) is 0. The van der Waals surface area contributed by atoms with Crippen LogP contribution in [-0.4, -0.2) is 15.1 Å². The lowest BCUT2D eigenvalue weighted by Crippen LogP contribution is -2.03. The van der Waals surface area contributed by atoms with Gasteiger partial charge in [-0.15, -0.1) is 11.3 Å². The lowest BCUT2D eigenvalue weighted by molar-refractivity contribution is 0.178. The molecular formula is C16H16N2OS. The molecule has 0 aliphatic rings. The Labute approximate surface area is 122 Å². The number of aliphatic hydroxyl groups excluding tert-OH is 1. The first kappa shape index (κ1) is 13.2. The molecule has 1 unspecified atom stereocenters. The predicted molar refractivity (Wildman–Crippen MR) is 82.0 cm³/mol. The van der Waals surface area contributed by atoms with Crippen LogP contribution in [0.1, 0.15) is 28.1 Å². The summed E-state index contributed by atoms with van der Waals surface area (Å²) in [6, 6.07) is 11.9. The van der Waals surface area contributed by atoms with Gasteiger partial charge in [-0.1, -0.05) is 12.1 Å². The molecule has 2 heterocycles. The molecule has 102 valence electrons. The molecule has 20 heavy (non-hydrogen) atoms. The molecule has 1 atom stereocenters. The second-order valence-electron chi connectivity index (χ2n) is 4.98. The summed E-state index contributed by atoms with van der Waals surface area (Å²) in [6.45, 7) is 3.89. The first-order chi connectivity index (χ1) is 9.61. The van der Waals surface area contributed by atoms with Crippen LogP contribution < -0.4 is 0 Å². The molecule has 0 fully saturated rings. The first-order valence-corrected chi connectivity index (χ1v) is 7.41. The summed E-state index contributed by atoms with van der Waals surface area (Å²) in [4.78, 5) is 8.90. The highest BCUT2D eigenvalue weighted by atomic mass is 32.1. The van der Waals surface area contributed by atoms with Gasteiger partial charge >= 0.3 is 0 Å². The van der Waals surface area contributed by atoms with Crippen molar-refractivity contribution < 1.29 is 5.11 Å². The molecule has 3 nitrogen and oxygen atoms in total. The Bertz CT molecular complexity index is 698. The topological polar surface area (TPSA) is 46.0 Å². The Kier molecular flexibility index (Phi) is 3.51. The van der Waals surface area contributed by atoms with E-state index < -0.39 is 6.10 Å². The van der Waals surface area contributed by atoms with Crippen LogP contribution in [0, 0.1) is 13.8 Å². The number of fused-ring (bicyclic) bond motifs is 1. The number of thiazole rings is 1. The molecule has 0 saturated carbocycles. The number of hydrogen-bond donors (Lipinski definition) is 1. The number of pyridine rings is 1. The molecule has 3 rings (SSSR count). The number of benzene rings is 1. The highest BCUT2D eigenvalue weighted by molar-refractivity contribution is 7.18. The molecule has 0 aliphatic heterocycles. The van der Waals surface area contributed by atoms with E-state index in [1.165, 1.54) is 0 Å². The molecule has 2 aromatic heterocycles. The summed E-state index contributed by atoms with van der Waals surface area (Å²) in [7, 11) is 0. The van der Waals surface area contributed by atoms with E-state index in [1.54, 1.807) is 11.3 Å². The fourth-order valence-corrected chi connectivity index (χ4v) is 3.35. The fraction of sp³-hybridized carbons (Fsp3) is 0.250. The van der Waals surface area contributed by atoms with E-state index in [9.17, 15) is 5.11 Å². The lowest BCUT2D eigenvalue weighted by Gasteiger charge is -2.10. The van der Waals surface area contributed by atoms with Crippen molar-refractivity contribution in [3.05, 3.63) is 58.4 Å². The van der Waals surface area contributed by atoms with Crippen LogP contribution in [0.5, 0.6) is 0 Å². The Balaban J connectivity index is 1.86. The van der Waals surface area contributed by atoms with E-state index in [2.05, 4.69) is 16.0 Å². The maximum absolute atomic E-state index is 10.4. The third-order valence-corrected chi connectivity index (χ3v) is 4.25. The van der Waals surface area contributed by atoms with E-state index in [0.717, 1.165) is 32.2 Å². The Hall–Kier alpha value is -1.78. The van der Waals surface area contributed by atoms with Gasteiger partial charge in [0, 0.05) is 17.8 Å². The molecule has 1 N–H and O–H groups in total. The van der Waals surface area contributed by atoms with Crippen LogP contribution in [0.3, 0.4) is 0 Å². The van der Waals surface area contributed by atoms with Crippen LogP contribution in [0.4, 0.5) is 0 Å². The number of aryl methyl sites for hydroxylation is 2. The van der Waals surface area contributed by atoms with Crippen LogP contribution in [0.2, 0.25) is 0 Å². The average molecular weight is 284 g/mol. The van der Waals surface area contributed by atoms with Crippen molar-refractivity contribution in [1.82, 2.24) is 9.97 Å². The molecule has 0 bridgehead atoms. The number of hydrogen-bond acceptors (Lipinski definition) is 4. The lowest BCUT2D eigenvalue weighted by atomic mass is 10.1. The average Bonchev–Trinajstić information content (AvgIpc) is 2.79. The van der Waals surface area contributed by atoms with Crippen molar-refractivity contribution in [3.8, 4) is 0 Å². The van der Waals surface area contributed by atoms with Crippen molar-refractivity contribution in [3.63, 3.8) is 0 Å². The summed E-state index contributed by atoms with van der Waals surface area (Å²) in [5.41, 5.74) is 3.78. The Morgan fingerprint density at radius 2 is 1.80 bits per heavy atom. The smallest absolute Gasteiger partial charge is 0.0967 e. The zero-order chi connectivity index (χ0) is 14.1. The first-order valence-electron chi connectivity index (χ1n) is 6.59. The van der Waals surface area contributed by atoms with E-state index in [4.69, 9.17) is 0 Å². The minimum absolute atomic E-state index is 0.532. The van der Waals surface area contributed by atoms with Crippen LogP contribution >= 0.6 is 11.3 Å². The van der Waals surface area contributed by atoms with E-state index in [1.807, 2.05) is 44.2 Å². The van der Waals surface area contributed by atoms with Gasteiger partial charge in [0.1, 0.15) is 0 Å². The number of nitrogens with zero attached hydrogens (tertiary/aromatic N) is 2. The zero-order valence-electron chi connectivity index (χ0n) is 11.5. The molecule has 0 saturated heterocycles. The number of para-hydroxylation sites is 1. The predicted octanol–water partition coefficient (Wildman–Crippen LogP) is 3.58. The second-order valence-corrected chi connectivity index (χ2v) is 6.09. The van der Waals surface area contributed by atoms with Crippen molar-refractivity contribution in [2.24, 2.45) is 0 Å². The van der Waals surface area contributed by atoms with E-state index in [-0.39, 0.29) is 0 Å². The minimum Gasteiger partial charge on any atom is -0.388 e. The van der Waals surface area contributed by atoms with Gasteiger partial charge in [0.15, 0.2) is 0 Å². The van der Waals surface area contributed by atoms with Gasteiger partial charge in [-0.25, -0.2) is 4.98 Å². The SMILES string of the molecule is Cc1cc(C(O)Cc2nc3ccccc3s2)cc(C)n1. The van der Waals surface area contributed by atoms with Gasteiger partial charge in [-0.05, 0) is 43.7 Å². The third-order valence-electron chi connectivity index (χ3n) is 3.19. The Morgan fingerprint density at radius 3 is 2.50 bits per heavy atom. The maximum atomic E-state index is 10.4. The van der Waals surface area contributed by atoms with E-state index in [0.29, 0.717) is 6.42 Å². The van der Waals surface area contributed by atoms with Crippen molar-refractivity contribution in [2.75, 3.05) is 0 Å². The highest BCUT2D eigenvalue weighted by Gasteiger charge is 2.13. The highest BCUT2D eigenvalue weighted by Crippen LogP contribution is 2.26. The van der Waals surface area contributed by atoms with Gasteiger partial charge in [0.05, 0.1) is 21.3 Å². The van der Waals surface area contributed by atoms with Crippen LogP contribution in [0.25, 0.3) is 10.2 Å². The van der Waals surface area contributed by atoms with Crippen LogP contribution in [0.15, 0.2) is 36.4 Å². The third kappa shape index (κ3) is 2.71. The number of aliphatic hydroxyl groups is 1. The van der Waals surface area contributed by atoms with E-state index >= 15 is 0 Å². The van der Waals surface area contributed by atoms with Gasteiger partial charge in [-0.2, -0.15) is 0 Å². The number of rotatable bonds is 3. The summed E-state index contributed by atoms with van der Waals surface area (Å²) in [6.07, 6.45) is 0.0124. The molecule has 0 amide bonds. The van der Waals surface area contributed by atoms with Crippen molar-refractivity contribution in [1.29, 1.82) is 0 Å². The summed E-state index contributed by atoms with van der Waals surface area (Å²) >= 11 is 1.64. The van der Waals surface area contributed by atoms with Gasteiger partial charge in [0.2, 0.25) is 0 Å². The monoisotopic (exact) mass is 284 g/mol. The van der Waals surface area contributed by atoms with Crippen LogP contribution in [-0.2, 0) is 6.42 Å². The maximum Gasteiger partial charge on any atom is 0.0967 e. The molecule has 3 aromatic rings. The Morgan fingerprint density at radius 1 is 1.10 bits per heavy atom. The van der Waals surface area contributed by atoms with Gasteiger partial charge in [0.25, 0.3) is 0 Å². The molecule has 1 aromatic carbocycles. The normalized spacial score (nSPS) is 12.8.